The highest BCUT2D eigenvalue weighted by Gasteiger charge is 2.21. The zero-order valence-electron chi connectivity index (χ0n) is 14.4. The Morgan fingerprint density at radius 1 is 1.39 bits per heavy atom. The van der Waals surface area contributed by atoms with E-state index in [1.807, 2.05) is 6.20 Å². The van der Waals surface area contributed by atoms with Crippen LogP contribution in [0.25, 0.3) is 10.9 Å². The van der Waals surface area contributed by atoms with Crippen LogP contribution in [0.1, 0.15) is 36.5 Å². The molecular weight excluding hydrogens is 288 g/mol. The number of aromatic amines is 1. The van der Waals surface area contributed by atoms with Crippen LogP contribution in [-0.4, -0.2) is 64.9 Å². The van der Waals surface area contributed by atoms with Crippen molar-refractivity contribution in [1.29, 1.82) is 0 Å². The lowest BCUT2D eigenvalue weighted by Crippen LogP contribution is -2.42. The fourth-order valence-corrected chi connectivity index (χ4v) is 3.58. The molecule has 1 aliphatic heterocycles. The van der Waals surface area contributed by atoms with Crippen LogP contribution in [0.5, 0.6) is 0 Å². The Kier molecular flexibility index (Phi) is 4.99. The van der Waals surface area contributed by atoms with Gasteiger partial charge in [0.05, 0.1) is 17.8 Å². The number of fused-ring (bicyclic) bond motifs is 1. The number of hydrogen-bond donors (Lipinski definition) is 2. The Balaban J connectivity index is 1.59. The smallest absolute Gasteiger partial charge is 0.0805 e. The van der Waals surface area contributed by atoms with Crippen LogP contribution in [0.3, 0.4) is 0 Å². The van der Waals surface area contributed by atoms with Gasteiger partial charge in [-0.3, -0.25) is 5.10 Å². The van der Waals surface area contributed by atoms with Crippen molar-refractivity contribution in [2.45, 2.75) is 38.3 Å². The van der Waals surface area contributed by atoms with Gasteiger partial charge >= 0.3 is 0 Å². The number of likely N-dealkylation sites (tertiary alicyclic amines) is 1. The van der Waals surface area contributed by atoms with E-state index < -0.39 is 6.10 Å². The first kappa shape index (κ1) is 16.4. The van der Waals surface area contributed by atoms with Crippen molar-refractivity contribution in [2.75, 3.05) is 33.7 Å². The van der Waals surface area contributed by atoms with Crippen LogP contribution < -0.4 is 0 Å². The quantitative estimate of drug-likeness (QED) is 0.889. The highest BCUT2D eigenvalue weighted by atomic mass is 16.3. The van der Waals surface area contributed by atoms with Gasteiger partial charge in [0, 0.05) is 18.0 Å². The fraction of sp³-hybridized carbons (Fsp3) is 0.611. The summed E-state index contributed by atoms with van der Waals surface area (Å²) < 4.78 is 0. The van der Waals surface area contributed by atoms with E-state index in [1.54, 1.807) is 0 Å². The molecule has 0 bridgehead atoms. The van der Waals surface area contributed by atoms with E-state index in [0.29, 0.717) is 6.04 Å². The van der Waals surface area contributed by atoms with E-state index in [1.165, 1.54) is 25.9 Å². The summed E-state index contributed by atoms with van der Waals surface area (Å²) in [6.07, 6.45) is 4.62. The van der Waals surface area contributed by atoms with Crippen LogP contribution >= 0.6 is 0 Å². The Labute approximate surface area is 138 Å². The molecule has 126 valence electrons. The normalized spacial score (nSPS) is 18.8. The molecule has 2 N–H and O–H groups in total. The minimum absolute atomic E-state index is 0.414. The molecule has 1 unspecified atom stereocenters. The van der Waals surface area contributed by atoms with Crippen molar-refractivity contribution >= 4 is 10.9 Å². The summed E-state index contributed by atoms with van der Waals surface area (Å²) in [5.41, 5.74) is 3.17. The van der Waals surface area contributed by atoms with Crippen molar-refractivity contribution < 1.29 is 5.11 Å². The van der Waals surface area contributed by atoms with Gasteiger partial charge in [-0.15, -0.1) is 0 Å². The summed E-state index contributed by atoms with van der Waals surface area (Å²) in [4.78, 5) is 4.81. The van der Waals surface area contributed by atoms with Crippen LogP contribution in [0.4, 0.5) is 0 Å². The maximum absolute atomic E-state index is 10.6. The van der Waals surface area contributed by atoms with E-state index in [4.69, 9.17) is 0 Å². The topological polar surface area (TPSA) is 55.4 Å². The second-order valence-electron chi connectivity index (χ2n) is 6.99. The highest BCUT2D eigenvalue weighted by molar-refractivity contribution is 5.79. The van der Waals surface area contributed by atoms with Gasteiger partial charge in [0.2, 0.25) is 0 Å². The molecule has 0 aliphatic carbocycles. The molecule has 1 atom stereocenters. The van der Waals surface area contributed by atoms with Gasteiger partial charge in [-0.1, -0.05) is 0 Å². The predicted octanol–water partition coefficient (Wildman–Crippen LogP) is 2.32. The Bertz CT molecular complexity index is 646. The number of nitrogens with zero attached hydrogens (tertiary/aromatic N) is 3. The number of aliphatic hydroxyl groups is 1. The van der Waals surface area contributed by atoms with Crippen LogP contribution in [0.2, 0.25) is 0 Å². The van der Waals surface area contributed by atoms with E-state index in [-0.39, 0.29) is 0 Å². The molecule has 1 fully saturated rings. The van der Waals surface area contributed by atoms with Crippen LogP contribution in [-0.2, 0) is 0 Å². The van der Waals surface area contributed by atoms with Gasteiger partial charge in [-0.2, -0.15) is 5.10 Å². The van der Waals surface area contributed by atoms with E-state index in [9.17, 15) is 5.11 Å². The summed E-state index contributed by atoms with van der Waals surface area (Å²) in [5.74, 6) is 0. The van der Waals surface area contributed by atoms with Crippen LogP contribution in [0.15, 0.2) is 18.3 Å². The van der Waals surface area contributed by atoms with Gasteiger partial charge < -0.3 is 14.9 Å². The van der Waals surface area contributed by atoms with Gasteiger partial charge in [0.15, 0.2) is 0 Å². The number of nitrogens with one attached hydrogen (secondary N) is 1. The second-order valence-corrected chi connectivity index (χ2v) is 6.99. The Hall–Kier alpha value is -1.43. The lowest BCUT2D eigenvalue weighted by atomic mass is 9.98. The zero-order chi connectivity index (χ0) is 16.4. The minimum atomic E-state index is -0.414. The first-order valence-corrected chi connectivity index (χ1v) is 8.55. The summed E-state index contributed by atoms with van der Waals surface area (Å²) in [6, 6.07) is 4.78. The average Bonchev–Trinajstić information content (AvgIpc) is 2.99. The predicted molar refractivity (Wildman–Crippen MR) is 93.6 cm³/mol. The molecule has 5 nitrogen and oxygen atoms in total. The molecule has 2 heterocycles. The first-order chi connectivity index (χ1) is 11.0. The van der Waals surface area contributed by atoms with Crippen molar-refractivity contribution in [3.05, 3.63) is 29.5 Å². The van der Waals surface area contributed by atoms with E-state index >= 15 is 0 Å². The molecule has 23 heavy (non-hydrogen) atoms. The molecule has 0 amide bonds. The molecule has 1 aliphatic rings. The molecule has 2 aromatic rings. The SMILES string of the molecule is Cc1cc2[nH]ncc2cc1C(O)CCN(C)C1CCN(C)CC1. The number of piperidine rings is 1. The Morgan fingerprint density at radius 2 is 2.13 bits per heavy atom. The zero-order valence-corrected chi connectivity index (χ0v) is 14.4. The third-order valence-electron chi connectivity index (χ3n) is 5.25. The summed E-state index contributed by atoms with van der Waals surface area (Å²) in [7, 11) is 4.38. The molecule has 1 aromatic heterocycles. The molecule has 1 saturated heterocycles. The fourth-order valence-electron chi connectivity index (χ4n) is 3.58. The Morgan fingerprint density at radius 3 is 2.87 bits per heavy atom. The lowest BCUT2D eigenvalue weighted by molar-refractivity contribution is 0.109. The van der Waals surface area contributed by atoms with Gasteiger partial charge in [-0.05, 0) is 76.6 Å². The van der Waals surface area contributed by atoms with Gasteiger partial charge in [0.25, 0.3) is 0 Å². The molecule has 3 rings (SSSR count). The molecule has 1 aromatic carbocycles. The monoisotopic (exact) mass is 316 g/mol. The molecule has 0 radical (unpaired) electrons. The maximum atomic E-state index is 10.6. The molecule has 0 spiro atoms. The van der Waals surface area contributed by atoms with Gasteiger partial charge in [0.1, 0.15) is 0 Å². The standard InChI is InChI=1S/C18H28N4O/c1-13-10-17-14(12-19-20-17)11-16(13)18(23)6-9-22(3)15-4-7-21(2)8-5-15/h10-12,15,18,23H,4-9H2,1-3H3,(H,19,20). The summed E-state index contributed by atoms with van der Waals surface area (Å²) >= 11 is 0. The summed E-state index contributed by atoms with van der Waals surface area (Å²) in [6.45, 7) is 5.33. The third-order valence-corrected chi connectivity index (χ3v) is 5.25. The number of aliphatic hydroxyl groups excluding tert-OH is 1. The minimum Gasteiger partial charge on any atom is -0.388 e. The third kappa shape index (κ3) is 3.74. The number of rotatable bonds is 5. The number of aromatic nitrogens is 2. The van der Waals surface area contributed by atoms with E-state index in [2.05, 4.69) is 53.1 Å². The van der Waals surface area contributed by atoms with Crippen molar-refractivity contribution in [3.8, 4) is 0 Å². The highest BCUT2D eigenvalue weighted by Crippen LogP contribution is 2.26. The first-order valence-electron chi connectivity index (χ1n) is 8.55. The van der Waals surface area contributed by atoms with Crippen molar-refractivity contribution in [2.24, 2.45) is 0 Å². The van der Waals surface area contributed by atoms with Crippen molar-refractivity contribution in [1.82, 2.24) is 20.0 Å². The molecule has 0 saturated carbocycles. The number of H-pyrrole nitrogens is 1. The second kappa shape index (κ2) is 6.99. The maximum Gasteiger partial charge on any atom is 0.0805 e. The lowest BCUT2D eigenvalue weighted by Gasteiger charge is -2.35. The summed E-state index contributed by atoms with van der Waals surface area (Å²) in [5, 5.41) is 18.7. The van der Waals surface area contributed by atoms with Crippen molar-refractivity contribution in [3.63, 3.8) is 0 Å². The largest absolute Gasteiger partial charge is 0.388 e. The van der Waals surface area contributed by atoms with E-state index in [0.717, 1.165) is 35.0 Å². The van der Waals surface area contributed by atoms with Crippen LogP contribution in [0, 0.1) is 6.92 Å². The number of benzene rings is 1. The average molecular weight is 316 g/mol. The molecular formula is C18H28N4O. The molecule has 5 heteroatoms. The van der Waals surface area contributed by atoms with Gasteiger partial charge in [-0.25, -0.2) is 0 Å². The number of hydrogen-bond acceptors (Lipinski definition) is 4. The number of aryl methyl sites for hydroxylation is 1.